The molecule has 3 nitrogen and oxygen atoms in total. The topological polar surface area (TPSA) is 32.3 Å². The maximum Gasteiger partial charge on any atom is 0.236 e. The molecule has 0 aromatic heterocycles. The third-order valence-electron chi connectivity index (χ3n) is 3.90. The van der Waals surface area contributed by atoms with E-state index in [1.165, 1.54) is 5.56 Å². The Bertz CT molecular complexity index is 444. The molecule has 1 N–H and O–H groups in total. The summed E-state index contributed by atoms with van der Waals surface area (Å²) in [6.07, 6.45) is 2.17. The third-order valence-corrected chi connectivity index (χ3v) is 4.14. The molecular weight excluding hydrogens is 260 g/mol. The molecule has 0 spiro atoms. The molecule has 0 unspecified atom stereocenters. The summed E-state index contributed by atoms with van der Waals surface area (Å²) >= 11 is 5.99. The van der Waals surface area contributed by atoms with Gasteiger partial charge < -0.3 is 10.2 Å². The van der Waals surface area contributed by atoms with Crippen LogP contribution in [0.4, 0.5) is 0 Å². The number of nitrogens with zero attached hydrogens (tertiary/aromatic N) is 1. The molecule has 2 rings (SSSR count). The Labute approximate surface area is 119 Å². The smallest absolute Gasteiger partial charge is 0.236 e. The van der Waals surface area contributed by atoms with E-state index >= 15 is 0 Å². The molecule has 19 heavy (non-hydrogen) atoms. The summed E-state index contributed by atoms with van der Waals surface area (Å²) in [4.78, 5) is 13.4. The molecular formula is C15H21ClN2O. The van der Waals surface area contributed by atoms with E-state index in [0.29, 0.717) is 18.5 Å². The van der Waals surface area contributed by atoms with E-state index in [1.54, 1.807) is 4.90 Å². The van der Waals surface area contributed by atoms with Crippen molar-refractivity contribution in [2.24, 2.45) is 0 Å². The SMILES string of the molecule is CCN(C)C(=O)CNC1CC(c2cccc(Cl)c2)C1. The normalized spacial score (nSPS) is 21.8. The summed E-state index contributed by atoms with van der Waals surface area (Å²) < 4.78 is 0. The Morgan fingerprint density at radius 3 is 2.84 bits per heavy atom. The highest BCUT2D eigenvalue weighted by atomic mass is 35.5. The largest absolute Gasteiger partial charge is 0.345 e. The first-order valence-electron chi connectivity index (χ1n) is 6.83. The summed E-state index contributed by atoms with van der Waals surface area (Å²) in [6.45, 7) is 3.18. The van der Waals surface area contributed by atoms with Gasteiger partial charge in [0.2, 0.25) is 5.91 Å². The second-order valence-corrected chi connectivity index (χ2v) is 5.65. The summed E-state index contributed by atoms with van der Waals surface area (Å²) in [5.74, 6) is 0.740. The van der Waals surface area contributed by atoms with Crippen LogP contribution in [0.2, 0.25) is 5.02 Å². The van der Waals surface area contributed by atoms with Gasteiger partial charge in [-0.3, -0.25) is 4.79 Å². The highest BCUT2D eigenvalue weighted by Crippen LogP contribution is 2.37. The minimum Gasteiger partial charge on any atom is -0.345 e. The Balaban J connectivity index is 1.73. The number of halogens is 1. The Kier molecular flexibility index (Phi) is 4.83. The van der Waals surface area contributed by atoms with Crippen molar-refractivity contribution in [1.82, 2.24) is 10.2 Å². The maximum atomic E-state index is 11.7. The van der Waals surface area contributed by atoms with Gasteiger partial charge in [-0.05, 0) is 43.4 Å². The molecule has 0 radical (unpaired) electrons. The molecule has 0 saturated heterocycles. The summed E-state index contributed by atoms with van der Waals surface area (Å²) in [6, 6.07) is 8.52. The molecule has 1 aliphatic carbocycles. The van der Waals surface area contributed by atoms with Crippen molar-refractivity contribution in [1.29, 1.82) is 0 Å². The molecule has 0 atom stereocenters. The minimum absolute atomic E-state index is 0.161. The second kappa shape index (κ2) is 6.40. The van der Waals surface area contributed by atoms with E-state index in [0.717, 1.165) is 24.4 Å². The molecule has 1 amide bonds. The summed E-state index contributed by atoms with van der Waals surface area (Å²) in [5, 5.41) is 4.12. The second-order valence-electron chi connectivity index (χ2n) is 5.21. The maximum absolute atomic E-state index is 11.7. The number of rotatable bonds is 5. The van der Waals surface area contributed by atoms with Crippen LogP contribution < -0.4 is 5.32 Å². The van der Waals surface area contributed by atoms with Crippen LogP contribution in [-0.4, -0.2) is 37.0 Å². The van der Waals surface area contributed by atoms with Crippen molar-refractivity contribution in [2.45, 2.75) is 31.7 Å². The van der Waals surface area contributed by atoms with Crippen LogP contribution >= 0.6 is 11.6 Å². The third kappa shape index (κ3) is 3.71. The van der Waals surface area contributed by atoms with E-state index in [-0.39, 0.29) is 5.91 Å². The molecule has 1 fully saturated rings. The predicted molar refractivity (Wildman–Crippen MR) is 78.5 cm³/mol. The van der Waals surface area contributed by atoms with Crippen molar-refractivity contribution in [3.63, 3.8) is 0 Å². The molecule has 0 heterocycles. The van der Waals surface area contributed by atoms with Crippen molar-refractivity contribution >= 4 is 17.5 Å². The van der Waals surface area contributed by atoms with E-state index < -0.39 is 0 Å². The number of benzene rings is 1. The molecule has 4 heteroatoms. The number of likely N-dealkylation sites (N-methyl/N-ethyl adjacent to an activating group) is 1. The fourth-order valence-electron chi connectivity index (χ4n) is 2.36. The van der Waals surface area contributed by atoms with Crippen molar-refractivity contribution in [3.8, 4) is 0 Å². The minimum atomic E-state index is 0.161. The quantitative estimate of drug-likeness (QED) is 0.899. The Morgan fingerprint density at radius 1 is 1.47 bits per heavy atom. The first-order valence-corrected chi connectivity index (χ1v) is 7.20. The van der Waals surface area contributed by atoms with E-state index in [2.05, 4.69) is 11.4 Å². The van der Waals surface area contributed by atoms with Gasteiger partial charge in [0.15, 0.2) is 0 Å². The number of amides is 1. The van der Waals surface area contributed by atoms with Crippen LogP contribution in [0.5, 0.6) is 0 Å². The average Bonchev–Trinajstić information content (AvgIpc) is 2.35. The first-order chi connectivity index (χ1) is 9.10. The monoisotopic (exact) mass is 280 g/mol. The fraction of sp³-hybridized carbons (Fsp3) is 0.533. The first kappa shape index (κ1) is 14.4. The lowest BCUT2D eigenvalue weighted by Gasteiger charge is -2.36. The lowest BCUT2D eigenvalue weighted by Crippen LogP contribution is -2.45. The Morgan fingerprint density at radius 2 is 2.21 bits per heavy atom. The molecule has 1 aromatic carbocycles. The average molecular weight is 281 g/mol. The summed E-state index contributed by atoms with van der Waals surface area (Å²) in [7, 11) is 1.83. The highest BCUT2D eigenvalue weighted by molar-refractivity contribution is 6.30. The van der Waals surface area contributed by atoms with Crippen molar-refractivity contribution in [3.05, 3.63) is 34.9 Å². The molecule has 1 aromatic rings. The van der Waals surface area contributed by atoms with Gasteiger partial charge in [-0.15, -0.1) is 0 Å². The van der Waals surface area contributed by atoms with Gasteiger partial charge in [-0.1, -0.05) is 23.7 Å². The molecule has 1 saturated carbocycles. The lowest BCUT2D eigenvalue weighted by molar-refractivity contribution is -0.129. The Hall–Kier alpha value is -1.06. The van der Waals surface area contributed by atoms with Crippen LogP contribution in [0.1, 0.15) is 31.2 Å². The van der Waals surface area contributed by atoms with Gasteiger partial charge in [0.1, 0.15) is 0 Å². The van der Waals surface area contributed by atoms with Crippen molar-refractivity contribution < 1.29 is 4.79 Å². The van der Waals surface area contributed by atoms with Crippen LogP contribution in [0, 0.1) is 0 Å². The molecule has 0 aliphatic heterocycles. The molecule has 104 valence electrons. The number of hydrogen-bond acceptors (Lipinski definition) is 2. The number of carbonyl (C=O) groups is 1. The van der Waals surface area contributed by atoms with Gasteiger partial charge in [0, 0.05) is 24.7 Å². The van der Waals surface area contributed by atoms with Crippen LogP contribution in [-0.2, 0) is 4.79 Å². The zero-order valence-electron chi connectivity index (χ0n) is 11.5. The predicted octanol–water partition coefficient (Wildman–Crippen LogP) is 2.65. The van der Waals surface area contributed by atoms with Crippen LogP contribution in [0.25, 0.3) is 0 Å². The van der Waals surface area contributed by atoms with Crippen molar-refractivity contribution in [2.75, 3.05) is 20.1 Å². The highest BCUT2D eigenvalue weighted by Gasteiger charge is 2.30. The van der Waals surface area contributed by atoms with E-state index in [4.69, 9.17) is 11.6 Å². The van der Waals surface area contributed by atoms with Crippen LogP contribution in [0.15, 0.2) is 24.3 Å². The standard InChI is InChI=1S/C15H21ClN2O/c1-3-18(2)15(19)10-17-14-8-12(9-14)11-5-4-6-13(16)7-11/h4-7,12,14,17H,3,8-10H2,1-2H3. The summed E-state index contributed by atoms with van der Waals surface area (Å²) in [5.41, 5.74) is 1.31. The van der Waals surface area contributed by atoms with Crippen LogP contribution in [0.3, 0.4) is 0 Å². The number of hydrogen-bond donors (Lipinski definition) is 1. The van der Waals surface area contributed by atoms with Gasteiger partial charge in [-0.25, -0.2) is 0 Å². The molecule has 0 bridgehead atoms. The van der Waals surface area contributed by atoms with Gasteiger partial charge in [-0.2, -0.15) is 0 Å². The lowest BCUT2D eigenvalue weighted by atomic mass is 9.76. The zero-order valence-corrected chi connectivity index (χ0v) is 12.3. The van der Waals surface area contributed by atoms with Gasteiger partial charge in [0.05, 0.1) is 6.54 Å². The zero-order chi connectivity index (χ0) is 13.8. The van der Waals surface area contributed by atoms with E-state index in [9.17, 15) is 4.79 Å². The number of nitrogens with one attached hydrogen (secondary N) is 1. The van der Waals surface area contributed by atoms with Gasteiger partial charge in [0.25, 0.3) is 0 Å². The molecule has 1 aliphatic rings. The van der Waals surface area contributed by atoms with Gasteiger partial charge >= 0.3 is 0 Å². The van der Waals surface area contributed by atoms with E-state index in [1.807, 2.05) is 32.2 Å². The number of carbonyl (C=O) groups excluding carboxylic acids is 1. The fourth-order valence-corrected chi connectivity index (χ4v) is 2.56.